The molecule has 104 valence electrons. The van der Waals surface area contributed by atoms with Crippen LogP contribution < -0.4 is 5.73 Å². The van der Waals surface area contributed by atoms with Gasteiger partial charge in [0.2, 0.25) is 0 Å². The molecule has 0 bridgehead atoms. The number of hydrogen-bond donors (Lipinski definition) is 2. The predicted octanol–water partition coefficient (Wildman–Crippen LogP) is 2.61. The maximum absolute atomic E-state index is 11.0. The molecule has 0 spiro atoms. The number of nitrogens with two attached hydrogens (primary N) is 1. The largest absolute Gasteiger partial charge is 0.480 e. The molecule has 0 saturated carbocycles. The highest BCUT2D eigenvalue weighted by Crippen LogP contribution is 2.26. The molecular formula is C14H14BrN3O2. The van der Waals surface area contributed by atoms with Gasteiger partial charge in [-0.15, -0.1) is 0 Å². The standard InChI is InChI=1S/C14H14BrN3O2/c1-7-3-4-9(15)6-10(7)11-5-8(2)17-13(18-11)12(16)14(19)20/h3-6,12H,16H2,1-2H3,(H,19,20). The van der Waals surface area contributed by atoms with Crippen LogP contribution in [0, 0.1) is 13.8 Å². The van der Waals surface area contributed by atoms with Crippen molar-refractivity contribution in [1.29, 1.82) is 0 Å². The number of carboxylic acid groups (broad SMARTS) is 1. The second-order valence-electron chi connectivity index (χ2n) is 4.53. The predicted molar refractivity (Wildman–Crippen MR) is 79.2 cm³/mol. The van der Waals surface area contributed by atoms with Gasteiger partial charge < -0.3 is 10.8 Å². The Morgan fingerprint density at radius 2 is 2.00 bits per heavy atom. The summed E-state index contributed by atoms with van der Waals surface area (Å²) in [6.45, 7) is 3.76. The number of aromatic nitrogens is 2. The van der Waals surface area contributed by atoms with E-state index in [4.69, 9.17) is 10.8 Å². The molecule has 0 amide bonds. The van der Waals surface area contributed by atoms with Gasteiger partial charge >= 0.3 is 5.97 Å². The Morgan fingerprint density at radius 1 is 1.30 bits per heavy atom. The van der Waals surface area contributed by atoms with Gasteiger partial charge in [-0.3, -0.25) is 4.79 Å². The summed E-state index contributed by atoms with van der Waals surface area (Å²) in [5.74, 6) is -1.03. The fourth-order valence-corrected chi connectivity index (χ4v) is 2.21. The Morgan fingerprint density at radius 3 is 2.65 bits per heavy atom. The van der Waals surface area contributed by atoms with Gasteiger partial charge in [0, 0.05) is 15.7 Å². The van der Waals surface area contributed by atoms with Crippen molar-refractivity contribution in [3.05, 3.63) is 45.8 Å². The number of rotatable bonds is 3. The van der Waals surface area contributed by atoms with Crippen molar-refractivity contribution in [2.75, 3.05) is 0 Å². The van der Waals surface area contributed by atoms with Crippen molar-refractivity contribution >= 4 is 21.9 Å². The molecule has 20 heavy (non-hydrogen) atoms. The third kappa shape index (κ3) is 3.02. The van der Waals surface area contributed by atoms with Crippen molar-refractivity contribution in [3.63, 3.8) is 0 Å². The van der Waals surface area contributed by atoms with Gasteiger partial charge in [0.15, 0.2) is 11.9 Å². The zero-order valence-electron chi connectivity index (χ0n) is 11.1. The SMILES string of the molecule is Cc1cc(-c2cc(Br)ccc2C)nc(C(N)C(=O)O)n1. The molecule has 5 nitrogen and oxygen atoms in total. The fourth-order valence-electron chi connectivity index (χ4n) is 1.85. The van der Waals surface area contributed by atoms with E-state index in [0.717, 1.165) is 15.6 Å². The first-order valence-corrected chi connectivity index (χ1v) is 6.78. The highest BCUT2D eigenvalue weighted by molar-refractivity contribution is 9.10. The number of carbonyl (C=O) groups is 1. The molecule has 1 aromatic heterocycles. The maximum atomic E-state index is 11.0. The van der Waals surface area contributed by atoms with E-state index in [2.05, 4.69) is 25.9 Å². The minimum absolute atomic E-state index is 0.117. The Bertz CT molecular complexity index is 673. The van der Waals surface area contributed by atoms with Gasteiger partial charge in [-0.2, -0.15) is 0 Å². The summed E-state index contributed by atoms with van der Waals surface area (Å²) in [4.78, 5) is 19.4. The summed E-state index contributed by atoms with van der Waals surface area (Å²) in [5.41, 5.74) is 8.90. The average molecular weight is 336 g/mol. The molecule has 0 fully saturated rings. The summed E-state index contributed by atoms with van der Waals surface area (Å²) in [7, 11) is 0. The monoisotopic (exact) mass is 335 g/mol. The maximum Gasteiger partial charge on any atom is 0.328 e. The number of carboxylic acids is 1. The van der Waals surface area contributed by atoms with E-state index in [1.807, 2.05) is 31.2 Å². The van der Waals surface area contributed by atoms with E-state index >= 15 is 0 Å². The van der Waals surface area contributed by atoms with Crippen LogP contribution >= 0.6 is 15.9 Å². The molecule has 1 unspecified atom stereocenters. The van der Waals surface area contributed by atoms with Gasteiger partial charge in [-0.25, -0.2) is 9.97 Å². The van der Waals surface area contributed by atoms with E-state index in [9.17, 15) is 4.79 Å². The molecule has 0 radical (unpaired) electrons. The van der Waals surface area contributed by atoms with E-state index in [1.54, 1.807) is 6.92 Å². The molecule has 0 aliphatic rings. The zero-order chi connectivity index (χ0) is 14.9. The van der Waals surface area contributed by atoms with E-state index in [-0.39, 0.29) is 5.82 Å². The van der Waals surface area contributed by atoms with Gasteiger partial charge in [0.1, 0.15) is 0 Å². The van der Waals surface area contributed by atoms with Crippen LogP contribution in [0.5, 0.6) is 0 Å². The van der Waals surface area contributed by atoms with Crippen molar-refractivity contribution in [1.82, 2.24) is 9.97 Å². The second-order valence-corrected chi connectivity index (χ2v) is 5.44. The number of hydrogen-bond acceptors (Lipinski definition) is 4. The summed E-state index contributed by atoms with van der Waals surface area (Å²) >= 11 is 3.42. The quantitative estimate of drug-likeness (QED) is 0.899. The first-order valence-electron chi connectivity index (χ1n) is 5.99. The summed E-state index contributed by atoms with van der Waals surface area (Å²) in [6, 6.07) is 6.44. The Balaban J connectivity index is 2.57. The molecule has 6 heteroatoms. The van der Waals surface area contributed by atoms with Crippen molar-refractivity contribution in [2.45, 2.75) is 19.9 Å². The lowest BCUT2D eigenvalue weighted by Gasteiger charge is -2.11. The molecule has 2 aromatic rings. The van der Waals surface area contributed by atoms with Crippen LogP contribution in [0.3, 0.4) is 0 Å². The molecule has 0 aliphatic heterocycles. The smallest absolute Gasteiger partial charge is 0.328 e. The Labute approximate surface area is 125 Å². The number of aliphatic carboxylic acids is 1. The molecule has 1 atom stereocenters. The first-order chi connectivity index (χ1) is 9.38. The van der Waals surface area contributed by atoms with Crippen LogP contribution in [0.25, 0.3) is 11.3 Å². The number of benzene rings is 1. The van der Waals surface area contributed by atoms with Gasteiger partial charge in [0.25, 0.3) is 0 Å². The molecule has 1 heterocycles. The molecule has 3 N–H and O–H groups in total. The topological polar surface area (TPSA) is 89.1 Å². The van der Waals surface area contributed by atoms with Crippen molar-refractivity contribution in [2.24, 2.45) is 5.73 Å². The number of halogens is 1. The summed E-state index contributed by atoms with van der Waals surface area (Å²) in [5, 5.41) is 8.97. The lowest BCUT2D eigenvalue weighted by atomic mass is 10.0. The van der Waals surface area contributed by atoms with Crippen molar-refractivity contribution in [3.8, 4) is 11.3 Å². The zero-order valence-corrected chi connectivity index (χ0v) is 12.7. The Hall–Kier alpha value is -1.79. The third-order valence-corrected chi connectivity index (χ3v) is 3.38. The number of nitrogens with zero attached hydrogens (tertiary/aromatic N) is 2. The van der Waals surface area contributed by atoms with Crippen LogP contribution in [0.15, 0.2) is 28.7 Å². The van der Waals surface area contributed by atoms with Gasteiger partial charge in [0.05, 0.1) is 5.69 Å². The minimum Gasteiger partial charge on any atom is -0.480 e. The highest BCUT2D eigenvalue weighted by Gasteiger charge is 2.19. The fraction of sp³-hybridized carbons (Fsp3) is 0.214. The van der Waals surface area contributed by atoms with Crippen LogP contribution in [-0.2, 0) is 4.79 Å². The molecule has 0 aliphatic carbocycles. The lowest BCUT2D eigenvalue weighted by Crippen LogP contribution is -2.23. The second kappa shape index (κ2) is 5.68. The van der Waals surface area contributed by atoms with Crippen LogP contribution in [0.4, 0.5) is 0 Å². The van der Waals surface area contributed by atoms with Crippen LogP contribution in [0.2, 0.25) is 0 Å². The van der Waals surface area contributed by atoms with E-state index in [1.165, 1.54) is 0 Å². The lowest BCUT2D eigenvalue weighted by molar-refractivity contribution is -0.138. The molecular weight excluding hydrogens is 322 g/mol. The van der Waals surface area contributed by atoms with E-state index < -0.39 is 12.0 Å². The molecule has 2 rings (SSSR count). The normalized spacial score (nSPS) is 12.2. The highest BCUT2D eigenvalue weighted by atomic mass is 79.9. The summed E-state index contributed by atoms with van der Waals surface area (Å²) in [6.07, 6.45) is 0. The van der Waals surface area contributed by atoms with Crippen LogP contribution in [0.1, 0.15) is 23.1 Å². The average Bonchev–Trinajstić information content (AvgIpc) is 2.39. The van der Waals surface area contributed by atoms with Crippen LogP contribution in [-0.4, -0.2) is 21.0 Å². The van der Waals surface area contributed by atoms with Gasteiger partial charge in [-0.05, 0) is 37.6 Å². The number of aryl methyl sites for hydroxylation is 2. The third-order valence-electron chi connectivity index (χ3n) is 2.89. The van der Waals surface area contributed by atoms with Gasteiger partial charge in [-0.1, -0.05) is 22.0 Å². The van der Waals surface area contributed by atoms with E-state index in [0.29, 0.717) is 11.4 Å². The Kier molecular flexibility index (Phi) is 4.15. The molecule has 0 saturated heterocycles. The first kappa shape index (κ1) is 14.6. The van der Waals surface area contributed by atoms with Crippen molar-refractivity contribution < 1.29 is 9.90 Å². The molecule has 1 aromatic carbocycles. The summed E-state index contributed by atoms with van der Waals surface area (Å²) < 4.78 is 0.929. The minimum atomic E-state index is -1.22.